The fourth-order valence-electron chi connectivity index (χ4n) is 10.5. The average Bonchev–Trinajstić information content (AvgIpc) is 1.77. The molecule has 0 aliphatic heterocycles. The summed E-state index contributed by atoms with van der Waals surface area (Å²) in [5.74, 6) is 1.94. The zero-order valence-corrected chi connectivity index (χ0v) is 44.3. The average molecular weight is 1160 g/mol. The van der Waals surface area contributed by atoms with Gasteiger partial charge in [-0.15, -0.1) is 0 Å². The van der Waals surface area contributed by atoms with Crippen molar-refractivity contribution in [1.82, 2.24) is 23.3 Å². The molecule has 368 valence electrons. The van der Waals surface area contributed by atoms with E-state index in [0.29, 0.717) is 37.7 Å². The summed E-state index contributed by atoms with van der Waals surface area (Å²) in [4.78, 5) is 4.90. The maximum absolute atomic E-state index is 9.64. The minimum absolute atomic E-state index is 0.110. The molecule has 0 aliphatic carbocycles. The Morgan fingerprint density at radius 1 is 0.427 bits per heavy atom. The van der Waals surface area contributed by atoms with Crippen LogP contribution in [0.5, 0.6) is 11.5 Å². The zero-order valence-electron chi connectivity index (χ0n) is 52.0. The summed E-state index contributed by atoms with van der Waals surface area (Å²) in [6, 6.07) is 46.4. The van der Waals surface area contributed by atoms with Gasteiger partial charge in [-0.1, -0.05) is 32.9 Å². The Kier molecular flexibility index (Phi) is 8.76. The molecule has 75 heavy (non-hydrogen) atoms. The molecule has 13 rings (SSSR count). The van der Waals surface area contributed by atoms with Gasteiger partial charge >= 0.3 is 408 Å². The second kappa shape index (κ2) is 18.0. The molecule has 0 saturated carbocycles. The third-order valence-corrected chi connectivity index (χ3v) is 15.2. The van der Waals surface area contributed by atoms with E-state index in [1.54, 1.807) is 12.1 Å². The van der Waals surface area contributed by atoms with Gasteiger partial charge < -0.3 is 0 Å². The van der Waals surface area contributed by atoms with Gasteiger partial charge in [0.15, 0.2) is 0 Å². The molecule has 0 fully saturated rings. The number of imidazole rings is 1. The number of benzene rings is 9. The van der Waals surface area contributed by atoms with Crippen LogP contribution in [-0.2, 0) is 30.2 Å². The number of para-hydroxylation sites is 5. The molecule has 0 spiro atoms. The van der Waals surface area contributed by atoms with E-state index in [1.807, 2.05) is 118 Å². The van der Waals surface area contributed by atoms with Crippen LogP contribution < -0.4 is 4.74 Å². The van der Waals surface area contributed by atoms with E-state index in [0.717, 1.165) is 60.6 Å². The van der Waals surface area contributed by atoms with E-state index in [-0.39, 0.29) is 33.4 Å². The predicted molar refractivity (Wildman–Crippen MR) is 307 cm³/mol. The summed E-state index contributed by atoms with van der Waals surface area (Å²) in [6.45, 7) is 13.0. The third kappa shape index (κ3) is 7.98. The summed E-state index contributed by atoms with van der Waals surface area (Å²) >= 11 is 2.24. The summed E-state index contributed by atoms with van der Waals surface area (Å²) in [6.07, 6.45) is 1.86. The van der Waals surface area contributed by atoms with Gasteiger partial charge in [0.2, 0.25) is 0 Å². The molecule has 0 N–H and O–H groups in total. The number of hydrogen-bond acceptors (Lipinski definition) is 2. The second-order valence-corrected chi connectivity index (χ2v) is 21.9. The molecule has 0 bridgehead atoms. The van der Waals surface area contributed by atoms with Crippen LogP contribution in [-0.4, -0.2) is 23.3 Å². The topological polar surface area (TPSA) is 41.8 Å². The molecule has 0 amide bonds. The molecule has 0 aliphatic rings. The van der Waals surface area contributed by atoms with Crippen LogP contribution >= 0.6 is 0 Å². The van der Waals surface area contributed by atoms with Crippen LogP contribution in [0.2, 0.25) is 0 Å². The first-order valence-corrected chi connectivity index (χ1v) is 26.0. The SMILES string of the molecule is [2H]c1c([2H])c([2H])c(-c2cc(-n3c4ccccc4c4ccccc43)cc(-c3c([2H])c([2H])c([2H])c([2H])c3[2H])c2-n2[c](=[Pt])n(-c3cc(Oc4ccc5c6ccccc6n(-c6cc(C(C)(C)C)ccn6)c5c4)cc(C(C)(C)C)c3)c3ccccc32)c([2H])c1[2H]. The van der Waals surface area contributed by atoms with Crippen molar-refractivity contribution in [2.75, 3.05) is 0 Å². The Bertz CT molecular complexity index is 4860. The Labute approximate surface area is 461 Å². The Balaban J connectivity index is 1.10. The first-order valence-electron chi connectivity index (χ1n) is 29.9. The third-order valence-electron chi connectivity index (χ3n) is 14.1. The van der Waals surface area contributed by atoms with Crippen LogP contribution in [0.3, 0.4) is 0 Å². The number of pyridine rings is 1. The van der Waals surface area contributed by atoms with Gasteiger partial charge in [-0.2, -0.15) is 0 Å². The summed E-state index contributed by atoms with van der Waals surface area (Å²) in [5.41, 5.74) is 7.82. The molecule has 0 atom stereocenters. The van der Waals surface area contributed by atoms with Crippen molar-refractivity contribution in [3.8, 4) is 56.6 Å². The van der Waals surface area contributed by atoms with Crippen molar-refractivity contribution >= 4 is 54.6 Å². The van der Waals surface area contributed by atoms with E-state index in [2.05, 4.69) is 112 Å². The monoisotopic (exact) mass is 1160 g/mol. The van der Waals surface area contributed by atoms with E-state index in [9.17, 15) is 5.48 Å². The Morgan fingerprint density at radius 3 is 1.48 bits per heavy atom. The Morgan fingerprint density at radius 2 is 0.920 bits per heavy atom. The van der Waals surface area contributed by atoms with E-state index in [4.69, 9.17) is 17.9 Å². The number of aromatic nitrogens is 5. The van der Waals surface area contributed by atoms with Gasteiger partial charge in [0.05, 0.1) is 0 Å². The summed E-state index contributed by atoms with van der Waals surface area (Å²) < 4.78 is 108. The number of nitrogens with zero attached hydrogens (tertiary/aromatic N) is 5. The van der Waals surface area contributed by atoms with Crippen LogP contribution in [0, 0.1) is 3.80 Å². The van der Waals surface area contributed by atoms with Crippen molar-refractivity contribution in [3.05, 3.63) is 239 Å². The molecule has 0 saturated heterocycles. The van der Waals surface area contributed by atoms with Crippen LogP contribution in [0.25, 0.3) is 99.8 Å². The van der Waals surface area contributed by atoms with Crippen molar-refractivity contribution in [3.63, 3.8) is 0 Å². The molecule has 9 aromatic carbocycles. The van der Waals surface area contributed by atoms with Crippen molar-refractivity contribution < 1.29 is 37.8 Å². The van der Waals surface area contributed by atoms with Gasteiger partial charge in [-0.25, -0.2) is 0 Å². The predicted octanol–water partition coefficient (Wildman–Crippen LogP) is 17.8. The minimum atomic E-state index is -0.578. The van der Waals surface area contributed by atoms with Gasteiger partial charge in [0.1, 0.15) is 0 Å². The van der Waals surface area contributed by atoms with Crippen molar-refractivity contribution in [2.24, 2.45) is 0 Å². The van der Waals surface area contributed by atoms with Crippen LogP contribution in [0.15, 0.2) is 224 Å². The molecular weight excluding hydrogens is 1100 g/mol. The van der Waals surface area contributed by atoms with Gasteiger partial charge in [0, 0.05) is 6.20 Å². The molecule has 0 radical (unpaired) electrons. The Hall–Kier alpha value is -8.31. The van der Waals surface area contributed by atoms with Gasteiger partial charge in [0.25, 0.3) is 0 Å². The first-order chi connectivity index (χ1) is 40.5. The fourth-order valence-corrected chi connectivity index (χ4v) is 11.6. The van der Waals surface area contributed by atoms with E-state index < -0.39 is 65.8 Å². The molecule has 13 aromatic rings. The molecule has 7 heteroatoms. The summed E-state index contributed by atoms with van der Waals surface area (Å²) in [7, 11) is 0. The summed E-state index contributed by atoms with van der Waals surface area (Å²) in [5, 5.41) is 3.97. The van der Waals surface area contributed by atoms with E-state index in [1.165, 1.54) is 0 Å². The number of hydrogen-bond donors (Lipinski definition) is 0. The molecule has 0 unspecified atom stereocenters. The molecule has 4 aromatic heterocycles. The van der Waals surface area contributed by atoms with Crippen molar-refractivity contribution in [1.29, 1.82) is 0 Å². The standard InChI is InChI=1S/C68H55N5O.Pt/c1-67(2,3)47-35-36-69-65(39-47)73-61-30-18-15-27-55(61)56-34-33-51(43-64(56)73)74-52-38-48(68(4,5)6)37-49(40-52)70-44-71(63-32-20-19-31-62(63)70)66-57(45-21-9-7-10-22-45)41-50(42-58(66)46-23-11-8-12-24-46)72-59-28-16-13-25-53(59)54-26-14-17-29-60(54)72;/h7-43H,1-6H3;/i7D,8D,9D,10D,11D,12D,21D,22D,23D,24D;. The molecular formula is C68H55N5OPt. The van der Waals surface area contributed by atoms with Gasteiger partial charge in [-0.3, -0.25) is 0 Å². The fraction of sp³-hybridized carbons (Fsp3) is 0.118. The van der Waals surface area contributed by atoms with Crippen LogP contribution in [0.1, 0.15) is 66.4 Å². The maximum atomic E-state index is 9.64. The zero-order chi connectivity index (χ0) is 59.9. The number of rotatable bonds is 8. The van der Waals surface area contributed by atoms with Gasteiger partial charge in [-0.05, 0) is 17.0 Å². The van der Waals surface area contributed by atoms with E-state index >= 15 is 0 Å². The van der Waals surface area contributed by atoms with Crippen molar-refractivity contribution in [2.45, 2.75) is 52.4 Å². The molecule has 4 heterocycles. The first kappa shape index (κ1) is 36.6. The second-order valence-electron chi connectivity index (χ2n) is 20.9. The number of ether oxygens (including phenoxy) is 1. The molecule has 6 nitrogen and oxygen atoms in total. The number of fused-ring (bicyclic) bond motifs is 7. The quantitative estimate of drug-likeness (QED) is 0.152. The van der Waals surface area contributed by atoms with Crippen LogP contribution in [0.4, 0.5) is 0 Å². The normalized spacial score (nSPS) is 14.1.